The molecular weight excluding hydrogens is 504 g/mol. The number of hydrogen-bond acceptors (Lipinski definition) is 7. The van der Waals surface area contributed by atoms with E-state index in [4.69, 9.17) is 18.8 Å². The first-order chi connectivity index (χ1) is 19.6. The second-order valence-electron chi connectivity index (χ2n) is 12.8. The van der Waals surface area contributed by atoms with Gasteiger partial charge < -0.3 is 19.1 Å². The zero-order valence-corrected chi connectivity index (χ0v) is 23.5. The van der Waals surface area contributed by atoms with E-state index < -0.39 is 0 Å². The molecule has 5 fully saturated rings. The van der Waals surface area contributed by atoms with Crippen molar-refractivity contribution in [3.8, 4) is 17.2 Å². The van der Waals surface area contributed by atoms with Crippen LogP contribution in [0.25, 0.3) is 11.3 Å². The van der Waals surface area contributed by atoms with Crippen LogP contribution in [0.4, 0.5) is 5.69 Å². The zero-order valence-electron chi connectivity index (χ0n) is 23.5. The molecule has 1 amide bonds. The summed E-state index contributed by atoms with van der Waals surface area (Å²) in [6, 6.07) is 8.05. The van der Waals surface area contributed by atoms with Gasteiger partial charge in [-0.2, -0.15) is 4.98 Å². The summed E-state index contributed by atoms with van der Waals surface area (Å²) in [6.07, 6.45) is 15.3. The van der Waals surface area contributed by atoms with Crippen molar-refractivity contribution in [3.05, 3.63) is 41.5 Å². The first-order valence-electron chi connectivity index (χ1n) is 15.4. The fourth-order valence-corrected chi connectivity index (χ4v) is 7.51. The maximum atomic E-state index is 13.4. The van der Waals surface area contributed by atoms with Crippen molar-refractivity contribution < 1.29 is 18.6 Å². The van der Waals surface area contributed by atoms with Gasteiger partial charge in [-0.25, -0.2) is 0 Å². The molecule has 212 valence electrons. The van der Waals surface area contributed by atoms with Crippen LogP contribution in [-0.4, -0.2) is 27.8 Å². The van der Waals surface area contributed by atoms with Gasteiger partial charge in [-0.15, -0.1) is 0 Å². The highest BCUT2D eigenvalue weighted by molar-refractivity contribution is 5.94. The number of fused-ring (bicyclic) bond motifs is 3. The molecule has 1 aromatic carbocycles. The van der Waals surface area contributed by atoms with Gasteiger partial charge in [0, 0.05) is 28.5 Å². The van der Waals surface area contributed by atoms with Gasteiger partial charge in [-0.3, -0.25) is 4.79 Å². The largest absolute Gasteiger partial charge is 0.464 e. The molecule has 8 rings (SSSR count). The minimum absolute atomic E-state index is 0.0257. The SMILES string of the molecule is CCOc1cc(-c2cccc(NC(=O)C3CCCCC3)c2CC23CCC(c4nc(C5CC5)no4)(CC2)CC3)no1. The van der Waals surface area contributed by atoms with E-state index in [0.29, 0.717) is 18.5 Å². The third-order valence-corrected chi connectivity index (χ3v) is 10.3. The second kappa shape index (κ2) is 10.3. The molecule has 40 heavy (non-hydrogen) atoms. The monoisotopic (exact) mass is 544 g/mol. The average molecular weight is 545 g/mol. The number of benzene rings is 1. The molecule has 2 bridgehead atoms. The van der Waals surface area contributed by atoms with Crippen LogP contribution < -0.4 is 10.1 Å². The smallest absolute Gasteiger partial charge is 0.311 e. The number of nitrogens with one attached hydrogen (secondary N) is 1. The fourth-order valence-electron chi connectivity index (χ4n) is 7.51. The van der Waals surface area contributed by atoms with E-state index in [9.17, 15) is 4.79 Å². The Labute approximate surface area is 235 Å². The molecule has 5 aliphatic rings. The topological polar surface area (TPSA) is 103 Å². The maximum Gasteiger partial charge on any atom is 0.311 e. The number of carbonyl (C=O) groups excluding carboxylic acids is 1. The normalized spacial score (nSPS) is 26.6. The standard InChI is InChI=1S/C32H40N4O4/c1-2-38-27-19-26(35-39-27)23-9-6-10-25(33-29(37)22-7-4-3-5-8-22)24(23)20-31-13-16-32(17-14-31,18-15-31)30-34-28(36-40-30)21-11-12-21/h6,9-10,19,21-22H,2-5,7-8,11-18,20H2,1H3,(H,33,37). The molecule has 8 nitrogen and oxygen atoms in total. The van der Waals surface area contributed by atoms with Crippen LogP contribution in [-0.2, 0) is 16.6 Å². The van der Waals surface area contributed by atoms with Crippen LogP contribution in [0.15, 0.2) is 33.3 Å². The molecule has 5 saturated carbocycles. The van der Waals surface area contributed by atoms with Crippen LogP contribution in [0.3, 0.4) is 0 Å². The summed E-state index contributed by atoms with van der Waals surface area (Å²) in [4.78, 5) is 18.2. The molecule has 8 heteroatoms. The number of carbonyl (C=O) groups is 1. The van der Waals surface area contributed by atoms with E-state index in [1.807, 2.05) is 19.1 Å². The van der Waals surface area contributed by atoms with Crippen LogP contribution in [0.5, 0.6) is 5.95 Å². The van der Waals surface area contributed by atoms with Gasteiger partial charge >= 0.3 is 5.95 Å². The molecule has 5 aliphatic carbocycles. The van der Waals surface area contributed by atoms with Crippen molar-refractivity contribution in [2.75, 3.05) is 11.9 Å². The Hall–Kier alpha value is -3.16. The van der Waals surface area contributed by atoms with Crippen LogP contribution in [0, 0.1) is 11.3 Å². The molecular formula is C32H40N4O4. The average Bonchev–Trinajstić information content (AvgIpc) is 3.52. The Morgan fingerprint density at radius 3 is 2.50 bits per heavy atom. The van der Waals surface area contributed by atoms with Gasteiger partial charge in [0.15, 0.2) is 5.82 Å². The summed E-state index contributed by atoms with van der Waals surface area (Å²) in [7, 11) is 0. The highest BCUT2D eigenvalue weighted by Crippen LogP contribution is 2.59. The molecule has 0 atom stereocenters. The van der Waals surface area contributed by atoms with Crippen molar-refractivity contribution in [2.24, 2.45) is 11.3 Å². The van der Waals surface area contributed by atoms with Gasteiger partial charge in [0.25, 0.3) is 0 Å². The number of nitrogens with zero attached hydrogens (tertiary/aromatic N) is 3. The van der Waals surface area contributed by atoms with E-state index in [1.165, 1.54) is 19.3 Å². The minimum Gasteiger partial charge on any atom is -0.464 e. The van der Waals surface area contributed by atoms with Crippen molar-refractivity contribution in [1.29, 1.82) is 0 Å². The second-order valence-corrected chi connectivity index (χ2v) is 12.8. The van der Waals surface area contributed by atoms with Crippen molar-refractivity contribution in [3.63, 3.8) is 0 Å². The zero-order chi connectivity index (χ0) is 27.2. The van der Waals surface area contributed by atoms with Gasteiger partial charge in [0.1, 0.15) is 5.69 Å². The fraction of sp³-hybridized carbons (Fsp3) is 0.625. The molecule has 1 N–H and O–H groups in total. The van der Waals surface area contributed by atoms with Crippen molar-refractivity contribution in [2.45, 2.75) is 108 Å². The molecule has 3 aromatic rings. The number of aromatic nitrogens is 3. The molecule has 2 heterocycles. The lowest BCUT2D eigenvalue weighted by atomic mass is 9.52. The predicted molar refractivity (Wildman–Crippen MR) is 150 cm³/mol. The highest BCUT2D eigenvalue weighted by Gasteiger charge is 2.52. The third kappa shape index (κ3) is 4.83. The van der Waals surface area contributed by atoms with E-state index in [-0.39, 0.29) is 22.7 Å². The maximum absolute atomic E-state index is 13.4. The van der Waals surface area contributed by atoms with Crippen molar-refractivity contribution in [1.82, 2.24) is 15.3 Å². The van der Waals surface area contributed by atoms with Gasteiger partial charge in [0.05, 0.1) is 12.7 Å². The molecule has 0 aliphatic heterocycles. The number of hydrogen-bond donors (Lipinski definition) is 1. The number of ether oxygens (including phenoxy) is 1. The van der Waals surface area contributed by atoms with Crippen LogP contribution in [0.2, 0.25) is 0 Å². The Kier molecular flexibility index (Phi) is 6.67. The Bertz CT molecular complexity index is 1340. The number of anilines is 1. The van der Waals surface area contributed by atoms with E-state index in [2.05, 4.69) is 27.8 Å². The van der Waals surface area contributed by atoms with Crippen LogP contribution in [0.1, 0.15) is 114 Å². The Morgan fingerprint density at radius 2 is 1.77 bits per heavy atom. The van der Waals surface area contributed by atoms with Crippen molar-refractivity contribution >= 4 is 11.6 Å². The van der Waals surface area contributed by atoms with Crippen LogP contribution >= 0.6 is 0 Å². The minimum atomic E-state index is 0.0257. The number of rotatable bonds is 9. The summed E-state index contributed by atoms with van der Waals surface area (Å²) in [5.74, 6) is 2.97. The molecule has 0 saturated heterocycles. The first-order valence-corrected chi connectivity index (χ1v) is 15.4. The van der Waals surface area contributed by atoms with Gasteiger partial charge in [-0.1, -0.05) is 41.7 Å². The summed E-state index contributed by atoms with van der Waals surface area (Å²) in [5, 5.41) is 12.1. The van der Waals surface area contributed by atoms with E-state index in [0.717, 1.165) is 105 Å². The summed E-state index contributed by atoms with van der Waals surface area (Å²) in [5.41, 5.74) is 4.04. The Balaban J connectivity index is 1.16. The quantitative estimate of drug-likeness (QED) is 0.300. The highest BCUT2D eigenvalue weighted by atomic mass is 16.6. The molecule has 0 unspecified atom stereocenters. The molecule has 0 radical (unpaired) electrons. The summed E-state index contributed by atoms with van der Waals surface area (Å²) in [6.45, 7) is 2.45. The number of amides is 1. The lowest BCUT2D eigenvalue weighted by molar-refractivity contribution is -0.120. The van der Waals surface area contributed by atoms with E-state index in [1.54, 1.807) is 0 Å². The lowest BCUT2D eigenvalue weighted by Gasteiger charge is -2.52. The Morgan fingerprint density at radius 1 is 1.00 bits per heavy atom. The lowest BCUT2D eigenvalue weighted by Crippen LogP contribution is -2.45. The van der Waals surface area contributed by atoms with Gasteiger partial charge in [-0.05, 0) is 94.6 Å². The first kappa shape index (κ1) is 25.8. The summed E-state index contributed by atoms with van der Waals surface area (Å²) >= 11 is 0. The van der Waals surface area contributed by atoms with Gasteiger partial charge in [0.2, 0.25) is 11.8 Å². The predicted octanol–water partition coefficient (Wildman–Crippen LogP) is 7.35. The van der Waals surface area contributed by atoms with E-state index >= 15 is 0 Å². The molecule has 0 spiro atoms. The third-order valence-electron chi connectivity index (χ3n) is 10.3. The summed E-state index contributed by atoms with van der Waals surface area (Å²) < 4.78 is 16.9. The molecule has 2 aromatic heterocycles.